The number of carbonyl (C=O) groups excluding carboxylic acids is 2. The molecule has 0 aliphatic carbocycles. The van der Waals surface area contributed by atoms with Crippen LogP contribution in [-0.2, 0) is 20.1 Å². The van der Waals surface area contributed by atoms with E-state index in [0.29, 0.717) is 4.68 Å². The number of ketones is 1. The molecule has 6 N–H and O–H groups in total. The minimum absolute atomic E-state index is 0.157. The van der Waals surface area contributed by atoms with Gasteiger partial charge >= 0.3 is 5.97 Å². The largest absolute Gasteiger partial charge is 0.478 e. The maximum absolute atomic E-state index is 12.0. The standard InChI is InChI=1S/C15H22N4O9/c1-6(21)8-4-19(18-17-8)15(14(26)27)3-9(23)11(16-7(2)22)13(28-15)12(25)10(24)5-20/h4,9-13,20,23-25H,3,5H2,1-2H3,(H,16,22)(H,26,27)/t9-,10+,11+,12+,13+,15+/m0/s1. The summed E-state index contributed by atoms with van der Waals surface area (Å²) in [4.78, 5) is 35.0. The molecule has 0 spiro atoms. The number of aliphatic carboxylic acids is 1. The molecule has 1 amide bonds. The van der Waals surface area contributed by atoms with Crippen LogP contribution in [0.15, 0.2) is 6.20 Å². The summed E-state index contributed by atoms with van der Waals surface area (Å²) in [5, 5.41) is 58.9. The highest BCUT2D eigenvalue weighted by Crippen LogP contribution is 2.35. The normalized spacial score (nSPS) is 29.7. The molecule has 13 nitrogen and oxygen atoms in total. The molecule has 0 saturated carbocycles. The van der Waals surface area contributed by atoms with E-state index in [1.165, 1.54) is 6.92 Å². The maximum Gasteiger partial charge on any atom is 0.359 e. The predicted octanol–water partition coefficient (Wildman–Crippen LogP) is -3.41. The first-order valence-corrected chi connectivity index (χ1v) is 8.30. The first-order chi connectivity index (χ1) is 13.0. The monoisotopic (exact) mass is 402 g/mol. The van der Waals surface area contributed by atoms with Gasteiger partial charge in [0.15, 0.2) is 5.78 Å². The van der Waals surface area contributed by atoms with Crippen molar-refractivity contribution in [2.75, 3.05) is 6.61 Å². The molecule has 2 rings (SSSR count). The Hall–Kier alpha value is -2.45. The lowest BCUT2D eigenvalue weighted by Gasteiger charge is -2.46. The molecule has 0 bridgehead atoms. The summed E-state index contributed by atoms with van der Waals surface area (Å²) in [6, 6.07) is -1.29. The number of nitrogens with zero attached hydrogens (tertiary/aromatic N) is 3. The number of rotatable bonds is 7. The first kappa shape index (κ1) is 21.8. The van der Waals surface area contributed by atoms with Gasteiger partial charge in [-0.1, -0.05) is 5.21 Å². The summed E-state index contributed by atoms with van der Waals surface area (Å²) in [6.45, 7) is 1.44. The van der Waals surface area contributed by atoms with Crippen molar-refractivity contribution in [1.29, 1.82) is 0 Å². The van der Waals surface area contributed by atoms with E-state index < -0.39 is 66.9 Å². The smallest absolute Gasteiger partial charge is 0.359 e. The number of hydrogen-bond acceptors (Lipinski definition) is 10. The Bertz CT molecular complexity index is 754. The van der Waals surface area contributed by atoms with E-state index in [-0.39, 0.29) is 5.69 Å². The summed E-state index contributed by atoms with van der Waals surface area (Å²) >= 11 is 0. The Morgan fingerprint density at radius 2 is 2.04 bits per heavy atom. The zero-order chi connectivity index (χ0) is 21.2. The van der Waals surface area contributed by atoms with E-state index >= 15 is 0 Å². The van der Waals surface area contributed by atoms with Crippen molar-refractivity contribution < 1.29 is 44.7 Å². The lowest BCUT2D eigenvalue weighted by Crippen LogP contribution is -2.67. The lowest BCUT2D eigenvalue weighted by atomic mass is 9.87. The molecule has 2 heterocycles. The number of nitrogens with one attached hydrogen (secondary N) is 1. The van der Waals surface area contributed by atoms with Gasteiger partial charge in [-0.2, -0.15) is 0 Å². The van der Waals surface area contributed by atoms with Crippen molar-refractivity contribution in [1.82, 2.24) is 20.3 Å². The van der Waals surface area contributed by atoms with Gasteiger partial charge < -0.3 is 35.6 Å². The van der Waals surface area contributed by atoms with Gasteiger partial charge in [0.05, 0.1) is 24.9 Å². The Labute approximate surface area is 158 Å². The fourth-order valence-corrected chi connectivity index (χ4v) is 2.98. The molecule has 1 fully saturated rings. The third-order valence-electron chi connectivity index (χ3n) is 4.43. The van der Waals surface area contributed by atoms with Gasteiger partial charge in [-0.25, -0.2) is 9.48 Å². The number of ether oxygens (including phenoxy) is 1. The molecular weight excluding hydrogens is 380 g/mol. The first-order valence-electron chi connectivity index (χ1n) is 8.30. The highest BCUT2D eigenvalue weighted by Gasteiger charge is 2.56. The topological polar surface area (TPSA) is 204 Å². The minimum Gasteiger partial charge on any atom is -0.478 e. The van der Waals surface area contributed by atoms with Crippen LogP contribution < -0.4 is 5.32 Å². The molecule has 0 radical (unpaired) electrons. The number of aliphatic hydroxyl groups excluding tert-OH is 4. The van der Waals surface area contributed by atoms with Gasteiger partial charge in [-0.05, 0) is 0 Å². The van der Waals surface area contributed by atoms with Crippen LogP contribution in [0.5, 0.6) is 0 Å². The van der Waals surface area contributed by atoms with E-state index in [4.69, 9.17) is 9.84 Å². The van der Waals surface area contributed by atoms with Crippen LogP contribution in [-0.4, -0.2) is 95.3 Å². The predicted molar refractivity (Wildman–Crippen MR) is 87.8 cm³/mol. The highest BCUT2D eigenvalue weighted by atomic mass is 16.6. The van der Waals surface area contributed by atoms with Crippen LogP contribution in [0.25, 0.3) is 0 Å². The Balaban J connectivity index is 2.51. The lowest BCUT2D eigenvalue weighted by molar-refractivity contribution is -0.258. The zero-order valence-electron chi connectivity index (χ0n) is 15.1. The van der Waals surface area contributed by atoms with Crippen LogP contribution in [0.2, 0.25) is 0 Å². The van der Waals surface area contributed by atoms with Gasteiger partial charge in [-0.3, -0.25) is 9.59 Å². The molecule has 6 atom stereocenters. The van der Waals surface area contributed by atoms with Crippen molar-refractivity contribution in [3.63, 3.8) is 0 Å². The number of carboxylic acids is 1. The second-order valence-electron chi connectivity index (χ2n) is 6.51. The van der Waals surface area contributed by atoms with E-state index in [1.54, 1.807) is 0 Å². The summed E-state index contributed by atoms with van der Waals surface area (Å²) in [7, 11) is 0. The number of amides is 1. The van der Waals surface area contributed by atoms with Crippen molar-refractivity contribution in [2.45, 2.75) is 56.5 Å². The SMILES string of the molecule is CC(=O)N[C@H]1[C@H]([C@H](O)[C@H](O)CO)O[C@](C(=O)O)(n2cc(C(C)=O)nn2)C[C@@H]1O. The summed E-state index contributed by atoms with van der Waals surface area (Å²) < 4.78 is 6.25. The Morgan fingerprint density at radius 1 is 1.39 bits per heavy atom. The van der Waals surface area contributed by atoms with E-state index in [9.17, 15) is 34.8 Å². The van der Waals surface area contributed by atoms with Crippen molar-refractivity contribution in [3.05, 3.63) is 11.9 Å². The van der Waals surface area contributed by atoms with Crippen LogP contribution in [0, 0.1) is 0 Å². The molecule has 156 valence electrons. The van der Waals surface area contributed by atoms with E-state index in [1.807, 2.05) is 0 Å². The van der Waals surface area contributed by atoms with Crippen LogP contribution in [0.4, 0.5) is 0 Å². The van der Waals surface area contributed by atoms with Crippen LogP contribution >= 0.6 is 0 Å². The number of aromatic nitrogens is 3. The number of carboxylic acid groups (broad SMARTS) is 1. The number of carbonyl (C=O) groups is 3. The molecule has 0 unspecified atom stereocenters. The molecule has 1 aliphatic rings. The van der Waals surface area contributed by atoms with Crippen molar-refractivity contribution in [3.8, 4) is 0 Å². The van der Waals surface area contributed by atoms with Gasteiger partial charge in [0, 0.05) is 20.3 Å². The fraction of sp³-hybridized carbons (Fsp3) is 0.667. The number of hydrogen-bond donors (Lipinski definition) is 6. The van der Waals surface area contributed by atoms with E-state index in [0.717, 1.165) is 13.1 Å². The minimum atomic E-state index is -2.39. The zero-order valence-corrected chi connectivity index (χ0v) is 15.1. The summed E-state index contributed by atoms with van der Waals surface area (Å²) in [5.74, 6) is -2.72. The van der Waals surface area contributed by atoms with Gasteiger partial charge in [-0.15, -0.1) is 5.10 Å². The molecule has 1 saturated heterocycles. The van der Waals surface area contributed by atoms with Gasteiger partial charge in [0.1, 0.15) is 24.0 Å². The third-order valence-corrected chi connectivity index (χ3v) is 4.43. The molecule has 1 aromatic rings. The second kappa shape index (κ2) is 8.28. The fourth-order valence-electron chi connectivity index (χ4n) is 2.98. The van der Waals surface area contributed by atoms with Crippen LogP contribution in [0.3, 0.4) is 0 Å². The van der Waals surface area contributed by atoms with Crippen LogP contribution in [0.1, 0.15) is 30.8 Å². The summed E-state index contributed by atoms with van der Waals surface area (Å²) in [6.07, 6.45) is -6.42. The third kappa shape index (κ3) is 4.02. The molecular formula is C15H22N4O9. The van der Waals surface area contributed by atoms with Gasteiger partial charge in [0.2, 0.25) is 5.91 Å². The molecule has 1 aromatic heterocycles. The Kier molecular flexibility index (Phi) is 6.46. The number of Topliss-reactive ketones (excluding diaryl/α,β-unsaturated/α-hetero) is 1. The quantitative estimate of drug-likeness (QED) is 0.248. The molecule has 1 aliphatic heterocycles. The average Bonchev–Trinajstić information content (AvgIpc) is 3.12. The van der Waals surface area contributed by atoms with E-state index in [2.05, 4.69) is 15.6 Å². The van der Waals surface area contributed by atoms with Crippen molar-refractivity contribution in [2.24, 2.45) is 0 Å². The Morgan fingerprint density at radius 3 is 2.50 bits per heavy atom. The molecule has 28 heavy (non-hydrogen) atoms. The van der Waals surface area contributed by atoms with Gasteiger partial charge in [0.25, 0.3) is 5.72 Å². The maximum atomic E-state index is 12.0. The number of aliphatic hydroxyl groups is 4. The highest BCUT2D eigenvalue weighted by molar-refractivity contribution is 5.91. The molecule has 0 aromatic carbocycles. The molecule has 13 heteroatoms. The average molecular weight is 402 g/mol. The second-order valence-corrected chi connectivity index (χ2v) is 6.51. The summed E-state index contributed by atoms with van der Waals surface area (Å²) in [5.41, 5.74) is -2.55. The van der Waals surface area contributed by atoms with Crippen molar-refractivity contribution >= 4 is 17.7 Å².